The second-order valence-electron chi connectivity index (χ2n) is 8.93. The summed E-state index contributed by atoms with van der Waals surface area (Å²) in [5.74, 6) is 0.392. The SMILES string of the molecule is COc1ccc([C@H]2C(C(=O)Nc3ccccc3C)=C(C)N=c3sc(=Cc4cnn(C)c4C)c(=O)n32)cc1. The predicted molar refractivity (Wildman–Crippen MR) is 145 cm³/mol. The number of fused-ring (bicyclic) bond motifs is 1. The lowest BCUT2D eigenvalue weighted by atomic mass is 9.95. The fraction of sp³-hybridized carbons (Fsp3) is 0.214. The van der Waals surface area contributed by atoms with Crippen LogP contribution < -0.4 is 24.9 Å². The number of carbonyl (C=O) groups is 1. The number of carbonyl (C=O) groups excluding carboxylic acids is 1. The van der Waals surface area contributed by atoms with Gasteiger partial charge < -0.3 is 10.1 Å². The van der Waals surface area contributed by atoms with Gasteiger partial charge >= 0.3 is 0 Å². The van der Waals surface area contributed by atoms with Crippen molar-refractivity contribution in [3.63, 3.8) is 0 Å². The molecule has 0 radical (unpaired) electrons. The number of benzene rings is 2. The largest absolute Gasteiger partial charge is 0.497 e. The van der Waals surface area contributed by atoms with Crippen LogP contribution in [0.2, 0.25) is 0 Å². The quantitative estimate of drug-likeness (QED) is 0.444. The molecule has 0 unspecified atom stereocenters. The minimum absolute atomic E-state index is 0.207. The molecule has 0 fully saturated rings. The lowest BCUT2D eigenvalue weighted by Gasteiger charge is -2.25. The zero-order valence-electron chi connectivity index (χ0n) is 21.3. The summed E-state index contributed by atoms with van der Waals surface area (Å²) in [6.07, 6.45) is 3.57. The van der Waals surface area contributed by atoms with E-state index in [0.717, 1.165) is 22.4 Å². The number of nitrogens with zero attached hydrogens (tertiary/aromatic N) is 4. The minimum atomic E-state index is -0.650. The number of allylic oxidation sites excluding steroid dienone is 1. The Hall–Kier alpha value is -4.24. The van der Waals surface area contributed by atoms with Gasteiger partial charge in [0.15, 0.2) is 4.80 Å². The van der Waals surface area contributed by atoms with Crippen molar-refractivity contribution >= 4 is 29.0 Å². The van der Waals surface area contributed by atoms with E-state index in [2.05, 4.69) is 10.4 Å². The van der Waals surface area contributed by atoms with E-state index in [4.69, 9.17) is 9.73 Å². The van der Waals surface area contributed by atoms with Crippen LogP contribution in [0.1, 0.15) is 35.3 Å². The maximum atomic E-state index is 13.8. The molecule has 0 saturated carbocycles. The Morgan fingerprint density at radius 3 is 2.49 bits per heavy atom. The molecule has 0 bridgehead atoms. The van der Waals surface area contributed by atoms with E-state index in [1.165, 1.54) is 11.3 Å². The number of rotatable bonds is 5. The van der Waals surface area contributed by atoms with Crippen LogP contribution in [-0.4, -0.2) is 27.4 Å². The zero-order valence-corrected chi connectivity index (χ0v) is 22.1. The topological polar surface area (TPSA) is 90.5 Å². The first-order valence-corrected chi connectivity index (χ1v) is 12.6. The molecular weight excluding hydrogens is 486 g/mol. The first-order valence-electron chi connectivity index (χ1n) is 11.8. The van der Waals surface area contributed by atoms with Gasteiger partial charge in [-0.25, -0.2) is 4.99 Å². The molecule has 37 heavy (non-hydrogen) atoms. The highest BCUT2D eigenvalue weighted by Crippen LogP contribution is 2.32. The van der Waals surface area contributed by atoms with Crippen molar-refractivity contribution in [1.82, 2.24) is 14.3 Å². The number of hydrogen-bond acceptors (Lipinski definition) is 6. The number of amides is 1. The lowest BCUT2D eigenvalue weighted by Crippen LogP contribution is -2.40. The third kappa shape index (κ3) is 4.42. The Kier molecular flexibility index (Phi) is 6.39. The first-order chi connectivity index (χ1) is 17.8. The van der Waals surface area contributed by atoms with Crippen molar-refractivity contribution in [2.45, 2.75) is 26.8 Å². The average molecular weight is 514 g/mol. The summed E-state index contributed by atoms with van der Waals surface area (Å²) in [6.45, 7) is 5.70. The number of aromatic nitrogens is 3. The Morgan fingerprint density at radius 2 is 1.84 bits per heavy atom. The molecule has 0 saturated heterocycles. The molecule has 4 aromatic rings. The van der Waals surface area contributed by atoms with Crippen molar-refractivity contribution in [3.05, 3.63) is 108 Å². The highest BCUT2D eigenvalue weighted by Gasteiger charge is 2.32. The maximum Gasteiger partial charge on any atom is 0.271 e. The standard InChI is InChI=1S/C28H27N5O3S/c1-16-8-6-7-9-22(16)31-26(34)24-17(2)30-28-33(25(24)19-10-12-21(36-5)13-11-19)27(35)23(37-28)14-20-15-29-32(4)18(20)3/h6-15,25H,1-5H3,(H,31,34)/t25-/m0/s1. The molecule has 5 rings (SSSR count). The zero-order chi connectivity index (χ0) is 26.3. The third-order valence-electron chi connectivity index (χ3n) is 6.65. The molecule has 1 amide bonds. The second kappa shape index (κ2) is 9.67. The third-order valence-corrected chi connectivity index (χ3v) is 7.63. The predicted octanol–water partition coefficient (Wildman–Crippen LogP) is 3.23. The van der Waals surface area contributed by atoms with Gasteiger partial charge in [0.25, 0.3) is 11.5 Å². The maximum absolute atomic E-state index is 13.8. The van der Waals surface area contributed by atoms with Crippen molar-refractivity contribution in [2.75, 3.05) is 12.4 Å². The number of nitrogens with one attached hydrogen (secondary N) is 1. The number of ether oxygens (including phenoxy) is 1. The average Bonchev–Trinajstić information content (AvgIpc) is 3.37. The molecule has 1 aliphatic rings. The molecule has 9 heteroatoms. The van der Waals surface area contributed by atoms with E-state index in [9.17, 15) is 9.59 Å². The number of aryl methyl sites for hydroxylation is 2. The van der Waals surface area contributed by atoms with Crippen LogP contribution in [-0.2, 0) is 11.8 Å². The molecule has 1 atom stereocenters. The van der Waals surface area contributed by atoms with Crippen LogP contribution >= 0.6 is 11.3 Å². The Bertz CT molecular complexity index is 1720. The van der Waals surface area contributed by atoms with Crippen LogP contribution in [0.5, 0.6) is 5.75 Å². The normalized spacial score (nSPS) is 15.4. The van der Waals surface area contributed by atoms with E-state index in [0.29, 0.717) is 32.0 Å². The molecule has 0 aliphatic carbocycles. The van der Waals surface area contributed by atoms with Crippen LogP contribution in [0.4, 0.5) is 5.69 Å². The molecule has 0 spiro atoms. The summed E-state index contributed by atoms with van der Waals surface area (Å²) in [5.41, 5.74) is 5.04. The first kappa shape index (κ1) is 24.5. The summed E-state index contributed by atoms with van der Waals surface area (Å²) < 4.78 is 9.24. The lowest BCUT2D eigenvalue weighted by molar-refractivity contribution is -0.113. The summed E-state index contributed by atoms with van der Waals surface area (Å²) in [5, 5.41) is 7.31. The van der Waals surface area contributed by atoms with Gasteiger partial charge in [0.1, 0.15) is 5.75 Å². The highest BCUT2D eigenvalue weighted by atomic mass is 32.1. The second-order valence-corrected chi connectivity index (χ2v) is 9.94. The van der Waals surface area contributed by atoms with Crippen molar-refractivity contribution in [1.29, 1.82) is 0 Å². The summed E-state index contributed by atoms with van der Waals surface area (Å²) >= 11 is 1.31. The van der Waals surface area contributed by atoms with E-state index in [1.54, 1.807) is 22.6 Å². The van der Waals surface area contributed by atoms with Crippen LogP contribution in [0.15, 0.2) is 75.8 Å². The van der Waals surface area contributed by atoms with Gasteiger partial charge in [0.05, 0.1) is 35.2 Å². The van der Waals surface area contributed by atoms with Gasteiger partial charge in [-0.15, -0.1) is 0 Å². The Balaban J connectivity index is 1.68. The van der Waals surface area contributed by atoms with Crippen LogP contribution in [0, 0.1) is 13.8 Å². The Morgan fingerprint density at radius 1 is 1.11 bits per heavy atom. The summed E-state index contributed by atoms with van der Waals surface area (Å²) in [4.78, 5) is 32.8. The van der Waals surface area contributed by atoms with Gasteiger partial charge in [0, 0.05) is 24.0 Å². The number of hydrogen-bond donors (Lipinski definition) is 1. The highest BCUT2D eigenvalue weighted by molar-refractivity contribution is 7.07. The Labute approximate surface area is 217 Å². The van der Waals surface area contributed by atoms with Gasteiger partial charge in [-0.3, -0.25) is 18.8 Å². The van der Waals surface area contributed by atoms with E-state index in [-0.39, 0.29) is 11.5 Å². The van der Waals surface area contributed by atoms with Gasteiger partial charge in [0.2, 0.25) is 0 Å². The van der Waals surface area contributed by atoms with E-state index in [1.807, 2.05) is 82.4 Å². The number of anilines is 1. The van der Waals surface area contributed by atoms with Crippen LogP contribution in [0.25, 0.3) is 6.08 Å². The van der Waals surface area contributed by atoms with Gasteiger partial charge in [-0.2, -0.15) is 5.10 Å². The fourth-order valence-corrected chi connectivity index (χ4v) is 5.45. The molecule has 2 aromatic heterocycles. The minimum Gasteiger partial charge on any atom is -0.497 e. The number of para-hydroxylation sites is 1. The van der Waals surface area contributed by atoms with E-state index >= 15 is 0 Å². The molecule has 2 aromatic carbocycles. The fourth-order valence-electron chi connectivity index (χ4n) is 4.41. The van der Waals surface area contributed by atoms with Crippen molar-refractivity contribution in [2.24, 2.45) is 12.0 Å². The molecule has 8 nitrogen and oxygen atoms in total. The molecule has 3 heterocycles. The van der Waals surface area contributed by atoms with Crippen molar-refractivity contribution in [3.8, 4) is 5.75 Å². The monoisotopic (exact) mass is 513 g/mol. The molecular formula is C28H27N5O3S. The summed E-state index contributed by atoms with van der Waals surface area (Å²) in [7, 11) is 3.46. The molecule has 1 N–H and O–H groups in total. The van der Waals surface area contributed by atoms with E-state index < -0.39 is 6.04 Å². The van der Waals surface area contributed by atoms with Gasteiger partial charge in [-0.05, 0) is 56.2 Å². The molecule has 188 valence electrons. The number of thiazole rings is 1. The van der Waals surface area contributed by atoms with Crippen molar-refractivity contribution < 1.29 is 9.53 Å². The summed E-state index contributed by atoms with van der Waals surface area (Å²) in [6, 6.07) is 14.4. The smallest absolute Gasteiger partial charge is 0.271 e. The van der Waals surface area contributed by atoms with Gasteiger partial charge in [-0.1, -0.05) is 41.7 Å². The number of methoxy groups -OCH3 is 1. The van der Waals surface area contributed by atoms with Crippen LogP contribution in [0.3, 0.4) is 0 Å². The molecule has 1 aliphatic heterocycles.